The monoisotopic (exact) mass is 194 g/mol. The molecule has 4 N–H and O–H groups in total. The van der Waals surface area contributed by atoms with Crippen LogP contribution in [0.1, 0.15) is 18.1 Å². The smallest absolute Gasteiger partial charge is 0.307 e. The SMILES string of the molecule is CCc1c(CC(=O)O)cccc1NN. The minimum absolute atomic E-state index is 0.0404. The molecule has 0 fully saturated rings. The number of anilines is 1. The predicted octanol–water partition coefficient (Wildman–Crippen LogP) is 1.16. The highest BCUT2D eigenvalue weighted by Crippen LogP contribution is 2.20. The molecule has 1 aromatic rings. The van der Waals surface area contributed by atoms with E-state index in [1.807, 2.05) is 19.1 Å². The predicted molar refractivity (Wildman–Crippen MR) is 55.0 cm³/mol. The fraction of sp³-hybridized carbons (Fsp3) is 0.300. The van der Waals surface area contributed by atoms with Crippen molar-refractivity contribution < 1.29 is 9.90 Å². The number of aliphatic carboxylic acids is 1. The van der Waals surface area contributed by atoms with E-state index in [1.165, 1.54) is 0 Å². The van der Waals surface area contributed by atoms with E-state index in [0.29, 0.717) is 0 Å². The van der Waals surface area contributed by atoms with Crippen LogP contribution >= 0.6 is 0 Å². The molecule has 0 saturated heterocycles. The molecule has 0 amide bonds. The Morgan fingerprint density at radius 2 is 2.29 bits per heavy atom. The Morgan fingerprint density at radius 3 is 2.79 bits per heavy atom. The van der Waals surface area contributed by atoms with Crippen molar-refractivity contribution in [1.82, 2.24) is 0 Å². The Kier molecular flexibility index (Phi) is 3.48. The Hall–Kier alpha value is -1.55. The number of nitrogens with two attached hydrogens (primary N) is 1. The van der Waals surface area contributed by atoms with Gasteiger partial charge in [0.25, 0.3) is 0 Å². The number of carboxylic acids is 1. The van der Waals surface area contributed by atoms with E-state index >= 15 is 0 Å². The first-order valence-electron chi connectivity index (χ1n) is 4.48. The number of benzene rings is 1. The summed E-state index contributed by atoms with van der Waals surface area (Å²) >= 11 is 0. The summed E-state index contributed by atoms with van der Waals surface area (Å²) in [6.45, 7) is 1.97. The van der Waals surface area contributed by atoms with E-state index in [2.05, 4.69) is 5.43 Å². The molecule has 0 radical (unpaired) electrons. The Labute approximate surface area is 82.7 Å². The van der Waals surface area contributed by atoms with E-state index in [-0.39, 0.29) is 6.42 Å². The van der Waals surface area contributed by atoms with Gasteiger partial charge in [0, 0.05) is 0 Å². The Morgan fingerprint density at radius 1 is 1.57 bits per heavy atom. The first-order valence-corrected chi connectivity index (χ1v) is 4.48. The second kappa shape index (κ2) is 4.62. The molecule has 76 valence electrons. The average Bonchev–Trinajstić information content (AvgIpc) is 2.16. The van der Waals surface area contributed by atoms with Crippen LogP contribution in [0.25, 0.3) is 0 Å². The summed E-state index contributed by atoms with van der Waals surface area (Å²) in [4.78, 5) is 10.6. The number of carbonyl (C=O) groups is 1. The molecule has 1 rings (SSSR count). The topological polar surface area (TPSA) is 75.3 Å². The molecule has 0 unspecified atom stereocenters. The van der Waals surface area contributed by atoms with Gasteiger partial charge in [-0.05, 0) is 23.6 Å². The van der Waals surface area contributed by atoms with Crippen LogP contribution in [0.2, 0.25) is 0 Å². The lowest BCUT2D eigenvalue weighted by atomic mass is 10.0. The van der Waals surface area contributed by atoms with E-state index < -0.39 is 5.97 Å². The third-order valence-corrected chi connectivity index (χ3v) is 2.12. The first-order chi connectivity index (χ1) is 6.69. The van der Waals surface area contributed by atoms with Crippen LogP contribution in [-0.4, -0.2) is 11.1 Å². The fourth-order valence-corrected chi connectivity index (χ4v) is 1.52. The second-order valence-corrected chi connectivity index (χ2v) is 3.01. The summed E-state index contributed by atoms with van der Waals surface area (Å²) in [6, 6.07) is 5.45. The minimum atomic E-state index is -0.825. The molecule has 0 saturated carbocycles. The molecule has 1 aromatic carbocycles. The number of hydrogen-bond donors (Lipinski definition) is 3. The molecular formula is C10H14N2O2. The van der Waals surface area contributed by atoms with Gasteiger partial charge in [-0.1, -0.05) is 19.1 Å². The molecule has 0 aliphatic carbocycles. The zero-order chi connectivity index (χ0) is 10.6. The third kappa shape index (κ3) is 2.23. The van der Waals surface area contributed by atoms with Crippen LogP contribution in [0.3, 0.4) is 0 Å². The van der Waals surface area contributed by atoms with Crippen molar-refractivity contribution >= 4 is 11.7 Å². The molecule has 14 heavy (non-hydrogen) atoms. The maximum atomic E-state index is 10.6. The molecule has 0 spiro atoms. The normalized spacial score (nSPS) is 9.86. The van der Waals surface area contributed by atoms with Crippen molar-refractivity contribution in [3.8, 4) is 0 Å². The third-order valence-electron chi connectivity index (χ3n) is 2.12. The van der Waals surface area contributed by atoms with E-state index in [0.717, 1.165) is 23.2 Å². The van der Waals surface area contributed by atoms with Crippen molar-refractivity contribution in [2.75, 3.05) is 5.43 Å². The van der Waals surface area contributed by atoms with Crippen LogP contribution in [0.15, 0.2) is 18.2 Å². The van der Waals surface area contributed by atoms with Gasteiger partial charge in [0.2, 0.25) is 0 Å². The number of nitrogens with one attached hydrogen (secondary N) is 1. The summed E-state index contributed by atoms with van der Waals surface area (Å²) in [5.74, 6) is 4.50. The van der Waals surface area contributed by atoms with Crippen LogP contribution < -0.4 is 11.3 Å². The summed E-state index contributed by atoms with van der Waals surface area (Å²) in [5.41, 5.74) is 5.15. The van der Waals surface area contributed by atoms with E-state index in [1.54, 1.807) is 6.07 Å². The van der Waals surface area contributed by atoms with Gasteiger partial charge in [-0.2, -0.15) is 0 Å². The van der Waals surface area contributed by atoms with Crippen LogP contribution in [0, 0.1) is 0 Å². The molecule has 0 aromatic heterocycles. The molecule has 0 heterocycles. The molecular weight excluding hydrogens is 180 g/mol. The Bertz CT molecular complexity index is 337. The highest BCUT2D eigenvalue weighted by molar-refractivity contribution is 5.72. The molecule has 4 heteroatoms. The van der Waals surface area contributed by atoms with Gasteiger partial charge < -0.3 is 10.5 Å². The molecule has 0 aliphatic heterocycles. The minimum Gasteiger partial charge on any atom is -0.481 e. The summed E-state index contributed by atoms with van der Waals surface area (Å²) in [6.07, 6.45) is 0.807. The second-order valence-electron chi connectivity index (χ2n) is 3.01. The van der Waals surface area contributed by atoms with E-state index in [4.69, 9.17) is 10.9 Å². The highest BCUT2D eigenvalue weighted by atomic mass is 16.4. The number of carboxylic acid groups (broad SMARTS) is 1. The molecule has 0 aliphatic rings. The lowest BCUT2D eigenvalue weighted by Crippen LogP contribution is -2.11. The lowest BCUT2D eigenvalue weighted by molar-refractivity contribution is -0.136. The number of hydrazine groups is 1. The van der Waals surface area contributed by atoms with Crippen molar-refractivity contribution in [2.45, 2.75) is 19.8 Å². The lowest BCUT2D eigenvalue weighted by Gasteiger charge is -2.11. The first kappa shape index (κ1) is 10.5. The van der Waals surface area contributed by atoms with Gasteiger partial charge in [0.05, 0.1) is 12.1 Å². The van der Waals surface area contributed by atoms with Crippen LogP contribution in [-0.2, 0) is 17.6 Å². The Balaban J connectivity index is 3.08. The maximum Gasteiger partial charge on any atom is 0.307 e. The fourth-order valence-electron chi connectivity index (χ4n) is 1.52. The van der Waals surface area contributed by atoms with Gasteiger partial charge in [-0.25, -0.2) is 0 Å². The summed E-state index contributed by atoms with van der Waals surface area (Å²) in [5, 5.41) is 8.70. The maximum absolute atomic E-state index is 10.6. The quantitative estimate of drug-likeness (QED) is 0.496. The van der Waals surface area contributed by atoms with Crippen LogP contribution in [0.5, 0.6) is 0 Å². The molecule has 0 atom stereocenters. The number of rotatable bonds is 4. The van der Waals surface area contributed by atoms with Crippen molar-refractivity contribution in [3.63, 3.8) is 0 Å². The summed E-state index contributed by atoms with van der Waals surface area (Å²) in [7, 11) is 0. The molecule has 0 bridgehead atoms. The number of hydrogen-bond acceptors (Lipinski definition) is 3. The van der Waals surface area contributed by atoms with Gasteiger partial charge in [0.15, 0.2) is 0 Å². The number of nitrogen functional groups attached to an aromatic ring is 1. The highest BCUT2D eigenvalue weighted by Gasteiger charge is 2.08. The zero-order valence-corrected chi connectivity index (χ0v) is 8.08. The zero-order valence-electron chi connectivity index (χ0n) is 8.08. The molecule has 4 nitrogen and oxygen atoms in total. The largest absolute Gasteiger partial charge is 0.481 e. The van der Waals surface area contributed by atoms with Gasteiger partial charge in [0.1, 0.15) is 0 Å². The summed E-state index contributed by atoms with van der Waals surface area (Å²) < 4.78 is 0. The standard InChI is InChI=1S/C10H14N2O2/c1-2-8-7(6-10(13)14)4-3-5-9(8)12-11/h3-5,12H,2,6,11H2,1H3,(H,13,14). The van der Waals surface area contributed by atoms with Gasteiger partial charge in [-0.15, -0.1) is 0 Å². The van der Waals surface area contributed by atoms with E-state index in [9.17, 15) is 4.79 Å². The van der Waals surface area contributed by atoms with Gasteiger partial charge >= 0.3 is 5.97 Å². The van der Waals surface area contributed by atoms with Crippen molar-refractivity contribution in [3.05, 3.63) is 29.3 Å². The van der Waals surface area contributed by atoms with Crippen molar-refractivity contribution in [2.24, 2.45) is 5.84 Å². The van der Waals surface area contributed by atoms with Gasteiger partial charge in [-0.3, -0.25) is 10.6 Å². The van der Waals surface area contributed by atoms with Crippen molar-refractivity contribution in [1.29, 1.82) is 0 Å². The van der Waals surface area contributed by atoms with Crippen LogP contribution in [0.4, 0.5) is 5.69 Å². The average molecular weight is 194 g/mol.